The summed E-state index contributed by atoms with van der Waals surface area (Å²) in [6.45, 7) is 7.00. The lowest BCUT2D eigenvalue weighted by Crippen LogP contribution is -2.28. The number of likely N-dealkylation sites (N-methyl/N-ethyl adjacent to an activating group) is 1. The zero-order valence-corrected chi connectivity index (χ0v) is 11.8. The summed E-state index contributed by atoms with van der Waals surface area (Å²) in [5, 5.41) is 4.39. The van der Waals surface area contributed by atoms with E-state index >= 15 is 0 Å². The highest BCUT2D eigenvalue weighted by molar-refractivity contribution is 5.72. The quantitative estimate of drug-likeness (QED) is 0.733. The monoisotopic (exact) mass is 259 g/mol. The Hall–Kier alpha value is -1.94. The largest absolute Gasteiger partial charge is 0.308 e. The third-order valence-electron chi connectivity index (χ3n) is 2.57. The summed E-state index contributed by atoms with van der Waals surface area (Å²) >= 11 is 0. The van der Waals surface area contributed by atoms with Crippen molar-refractivity contribution < 1.29 is 0 Å². The average molecular weight is 259 g/mol. The molecule has 0 saturated carbocycles. The minimum absolute atomic E-state index is 0.0796. The molecule has 0 fully saturated rings. The third-order valence-corrected chi connectivity index (χ3v) is 2.57. The Morgan fingerprint density at radius 1 is 1.47 bits per heavy atom. The fraction of sp³-hybridized carbons (Fsp3) is 0.333. The lowest BCUT2D eigenvalue weighted by molar-refractivity contribution is 0.367. The van der Waals surface area contributed by atoms with Gasteiger partial charge in [-0.3, -0.25) is 4.79 Å². The van der Waals surface area contributed by atoms with Crippen molar-refractivity contribution in [3.05, 3.63) is 59.1 Å². The molecule has 4 nitrogen and oxygen atoms in total. The van der Waals surface area contributed by atoms with Crippen molar-refractivity contribution in [1.82, 2.24) is 14.7 Å². The summed E-state index contributed by atoms with van der Waals surface area (Å²) in [5.74, 6) is 0. The third kappa shape index (κ3) is 4.67. The standard InChI is InChI=1S/C15H21N3O/c1-5-7-13(8-6-2)14-9-10-15(19)18(16-14)12-11-17(3)4/h5-10H,1,11-12H2,2-4H3/b8-6-,13-7+. The first-order valence-electron chi connectivity index (χ1n) is 6.27. The Morgan fingerprint density at radius 3 is 2.79 bits per heavy atom. The van der Waals surface area contributed by atoms with Crippen molar-refractivity contribution in [2.24, 2.45) is 0 Å². The van der Waals surface area contributed by atoms with Crippen LogP contribution in [0.3, 0.4) is 0 Å². The highest BCUT2D eigenvalue weighted by Crippen LogP contribution is 2.11. The van der Waals surface area contributed by atoms with E-state index in [0.29, 0.717) is 6.54 Å². The maximum absolute atomic E-state index is 11.7. The van der Waals surface area contributed by atoms with E-state index in [9.17, 15) is 4.79 Å². The lowest BCUT2D eigenvalue weighted by atomic mass is 10.1. The minimum atomic E-state index is -0.0796. The Bertz CT molecular complexity index is 539. The molecule has 0 aliphatic rings. The van der Waals surface area contributed by atoms with Crippen molar-refractivity contribution in [2.75, 3.05) is 20.6 Å². The molecule has 1 aromatic heterocycles. The predicted octanol–water partition coefficient (Wildman–Crippen LogP) is 1.95. The molecule has 1 rings (SSSR count). The van der Waals surface area contributed by atoms with Gasteiger partial charge in [0.1, 0.15) is 0 Å². The second-order valence-corrected chi connectivity index (χ2v) is 4.44. The number of nitrogens with zero attached hydrogens (tertiary/aromatic N) is 3. The molecule has 0 aliphatic carbocycles. The average Bonchev–Trinajstić information content (AvgIpc) is 2.37. The molecule has 0 spiro atoms. The van der Waals surface area contributed by atoms with Crippen LogP contribution in [0.25, 0.3) is 5.57 Å². The van der Waals surface area contributed by atoms with Crippen molar-refractivity contribution in [1.29, 1.82) is 0 Å². The van der Waals surface area contributed by atoms with Gasteiger partial charge >= 0.3 is 0 Å². The van der Waals surface area contributed by atoms with Crippen LogP contribution in [-0.4, -0.2) is 35.3 Å². The van der Waals surface area contributed by atoms with E-state index in [2.05, 4.69) is 11.7 Å². The van der Waals surface area contributed by atoms with Crippen LogP contribution in [-0.2, 0) is 6.54 Å². The predicted molar refractivity (Wildman–Crippen MR) is 80.0 cm³/mol. The topological polar surface area (TPSA) is 38.1 Å². The van der Waals surface area contributed by atoms with Crippen LogP contribution in [0, 0.1) is 0 Å². The van der Waals surface area contributed by atoms with E-state index in [1.165, 1.54) is 4.68 Å². The van der Waals surface area contributed by atoms with Crippen LogP contribution in [0.2, 0.25) is 0 Å². The van der Waals surface area contributed by atoms with Crippen LogP contribution in [0.5, 0.6) is 0 Å². The van der Waals surface area contributed by atoms with Gasteiger partial charge in [-0.1, -0.05) is 30.9 Å². The van der Waals surface area contributed by atoms with Gasteiger partial charge < -0.3 is 4.90 Å². The van der Waals surface area contributed by atoms with E-state index < -0.39 is 0 Å². The molecule has 102 valence electrons. The van der Waals surface area contributed by atoms with Crippen molar-refractivity contribution in [3.63, 3.8) is 0 Å². The van der Waals surface area contributed by atoms with Gasteiger partial charge in [-0.2, -0.15) is 5.10 Å². The van der Waals surface area contributed by atoms with E-state index in [0.717, 1.165) is 17.8 Å². The van der Waals surface area contributed by atoms with Crippen LogP contribution in [0.15, 0.2) is 47.8 Å². The van der Waals surface area contributed by atoms with Gasteiger partial charge in [0.05, 0.1) is 12.2 Å². The summed E-state index contributed by atoms with van der Waals surface area (Å²) in [6.07, 6.45) is 7.48. The van der Waals surface area contributed by atoms with E-state index in [1.807, 2.05) is 44.1 Å². The smallest absolute Gasteiger partial charge is 0.266 e. The summed E-state index contributed by atoms with van der Waals surface area (Å²) in [4.78, 5) is 13.8. The van der Waals surface area contributed by atoms with Crippen molar-refractivity contribution >= 4 is 5.57 Å². The van der Waals surface area contributed by atoms with Crippen molar-refractivity contribution in [3.8, 4) is 0 Å². The van der Waals surface area contributed by atoms with Crippen molar-refractivity contribution in [2.45, 2.75) is 13.5 Å². The Morgan fingerprint density at radius 2 is 2.21 bits per heavy atom. The zero-order chi connectivity index (χ0) is 14.3. The maximum Gasteiger partial charge on any atom is 0.266 e. The molecular formula is C15H21N3O. The first-order chi connectivity index (χ1) is 9.08. The van der Waals surface area contributed by atoms with Crippen LogP contribution >= 0.6 is 0 Å². The fourth-order valence-electron chi connectivity index (χ4n) is 1.59. The summed E-state index contributed by atoms with van der Waals surface area (Å²) in [7, 11) is 3.94. The maximum atomic E-state index is 11.7. The number of hydrogen-bond donors (Lipinski definition) is 0. The molecule has 0 saturated heterocycles. The molecule has 0 unspecified atom stereocenters. The van der Waals surface area contributed by atoms with Gasteiger partial charge in [0.15, 0.2) is 0 Å². The SMILES string of the molecule is C=C/C=C(\C=C/C)c1ccc(=O)n(CCN(C)C)n1. The number of allylic oxidation sites excluding steroid dienone is 5. The van der Waals surface area contributed by atoms with Crippen LogP contribution in [0.1, 0.15) is 12.6 Å². The van der Waals surface area contributed by atoms with Gasteiger partial charge in [0.25, 0.3) is 5.56 Å². The summed E-state index contributed by atoms with van der Waals surface area (Å²) in [5.41, 5.74) is 1.64. The molecule has 1 heterocycles. The Balaban J connectivity index is 3.10. The zero-order valence-electron chi connectivity index (χ0n) is 11.8. The summed E-state index contributed by atoms with van der Waals surface area (Å²) < 4.78 is 1.50. The number of hydrogen-bond acceptors (Lipinski definition) is 3. The molecule has 0 N–H and O–H groups in total. The molecule has 4 heteroatoms. The molecule has 0 bridgehead atoms. The molecule has 0 aromatic carbocycles. The number of rotatable bonds is 6. The molecular weight excluding hydrogens is 238 g/mol. The van der Waals surface area contributed by atoms with E-state index in [1.54, 1.807) is 18.2 Å². The number of aromatic nitrogens is 2. The normalized spacial score (nSPS) is 12.3. The first-order valence-corrected chi connectivity index (χ1v) is 6.27. The molecule has 0 radical (unpaired) electrons. The van der Waals surface area contributed by atoms with Crippen LogP contribution < -0.4 is 5.56 Å². The van der Waals surface area contributed by atoms with Gasteiger partial charge in [-0.25, -0.2) is 4.68 Å². The fourth-order valence-corrected chi connectivity index (χ4v) is 1.59. The molecule has 19 heavy (non-hydrogen) atoms. The van der Waals surface area contributed by atoms with Gasteiger partial charge in [0, 0.05) is 18.2 Å². The highest BCUT2D eigenvalue weighted by Gasteiger charge is 2.03. The van der Waals surface area contributed by atoms with Crippen LogP contribution in [0.4, 0.5) is 0 Å². The van der Waals surface area contributed by atoms with Gasteiger partial charge in [-0.15, -0.1) is 0 Å². The lowest BCUT2D eigenvalue weighted by Gasteiger charge is -2.11. The Kier molecular flexibility index (Phi) is 5.96. The van der Waals surface area contributed by atoms with Gasteiger partial charge in [0.2, 0.25) is 0 Å². The Labute approximate surface area is 114 Å². The first kappa shape index (κ1) is 15.1. The molecule has 0 aliphatic heterocycles. The van der Waals surface area contributed by atoms with E-state index in [-0.39, 0.29) is 5.56 Å². The second-order valence-electron chi connectivity index (χ2n) is 4.44. The molecule has 1 aromatic rings. The molecule has 0 amide bonds. The highest BCUT2D eigenvalue weighted by atomic mass is 16.1. The summed E-state index contributed by atoms with van der Waals surface area (Å²) in [6, 6.07) is 3.29. The molecule has 0 atom stereocenters. The van der Waals surface area contributed by atoms with E-state index in [4.69, 9.17) is 0 Å². The minimum Gasteiger partial charge on any atom is -0.308 e. The second kappa shape index (κ2) is 7.48. The van der Waals surface area contributed by atoms with Gasteiger partial charge in [-0.05, 0) is 27.1 Å².